The number of rotatable bonds is 5. The lowest BCUT2D eigenvalue weighted by Gasteiger charge is -2.20. The van der Waals surface area contributed by atoms with Crippen LogP contribution in [0.4, 0.5) is 0 Å². The molecule has 0 aliphatic rings. The lowest BCUT2D eigenvalue weighted by molar-refractivity contribution is 0.400. The number of nitrogens with one attached hydrogen (secondary N) is 1. The molecule has 0 saturated heterocycles. The van der Waals surface area contributed by atoms with E-state index in [1.165, 1.54) is 5.57 Å². The van der Waals surface area contributed by atoms with Crippen molar-refractivity contribution in [2.45, 2.75) is 40.5 Å². The molecular formula is C12H23N. The standard InChI is InChI=1S/C12H23N/c1-7-10(2)9-13-11(3)8-12(4,5)6/h13H,2-3,7-9H2,1,4-6H3. The van der Waals surface area contributed by atoms with Crippen LogP contribution in [0.1, 0.15) is 40.5 Å². The molecule has 0 aliphatic heterocycles. The molecule has 76 valence electrons. The van der Waals surface area contributed by atoms with E-state index >= 15 is 0 Å². The molecule has 0 radical (unpaired) electrons. The van der Waals surface area contributed by atoms with E-state index in [1.807, 2.05) is 0 Å². The first-order valence-corrected chi connectivity index (χ1v) is 4.93. The second-order valence-electron chi connectivity index (χ2n) is 4.80. The van der Waals surface area contributed by atoms with Gasteiger partial charge in [-0.3, -0.25) is 0 Å². The Balaban J connectivity index is 3.71. The topological polar surface area (TPSA) is 12.0 Å². The number of hydrogen-bond acceptors (Lipinski definition) is 1. The van der Waals surface area contributed by atoms with E-state index in [4.69, 9.17) is 0 Å². The van der Waals surface area contributed by atoms with Gasteiger partial charge >= 0.3 is 0 Å². The molecule has 0 bridgehead atoms. The van der Waals surface area contributed by atoms with Gasteiger partial charge in [0.2, 0.25) is 0 Å². The Morgan fingerprint density at radius 3 is 2.15 bits per heavy atom. The van der Waals surface area contributed by atoms with Crippen LogP contribution in [0.25, 0.3) is 0 Å². The van der Waals surface area contributed by atoms with Crippen LogP contribution < -0.4 is 5.32 Å². The van der Waals surface area contributed by atoms with E-state index in [-0.39, 0.29) is 0 Å². The van der Waals surface area contributed by atoms with E-state index in [9.17, 15) is 0 Å². The lowest BCUT2D eigenvalue weighted by Crippen LogP contribution is -2.19. The van der Waals surface area contributed by atoms with E-state index in [2.05, 4.69) is 46.2 Å². The van der Waals surface area contributed by atoms with Crippen LogP contribution in [-0.4, -0.2) is 6.54 Å². The fourth-order valence-corrected chi connectivity index (χ4v) is 1.08. The lowest BCUT2D eigenvalue weighted by atomic mass is 9.91. The van der Waals surface area contributed by atoms with E-state index in [0.29, 0.717) is 5.41 Å². The van der Waals surface area contributed by atoms with Gasteiger partial charge in [0.05, 0.1) is 0 Å². The van der Waals surface area contributed by atoms with Gasteiger partial charge in [0.15, 0.2) is 0 Å². The van der Waals surface area contributed by atoms with E-state index in [1.54, 1.807) is 0 Å². The van der Waals surface area contributed by atoms with Crippen LogP contribution in [0.3, 0.4) is 0 Å². The van der Waals surface area contributed by atoms with Crippen molar-refractivity contribution >= 4 is 0 Å². The Morgan fingerprint density at radius 2 is 1.77 bits per heavy atom. The molecule has 0 aromatic carbocycles. The van der Waals surface area contributed by atoms with Crippen molar-refractivity contribution < 1.29 is 0 Å². The second-order valence-corrected chi connectivity index (χ2v) is 4.80. The van der Waals surface area contributed by atoms with Crippen LogP contribution in [0, 0.1) is 5.41 Å². The number of hydrogen-bond donors (Lipinski definition) is 1. The Morgan fingerprint density at radius 1 is 1.23 bits per heavy atom. The monoisotopic (exact) mass is 181 g/mol. The third-order valence-electron chi connectivity index (χ3n) is 1.83. The summed E-state index contributed by atoms with van der Waals surface area (Å²) in [5, 5.41) is 3.30. The predicted octanol–water partition coefficient (Wildman–Crippen LogP) is 3.49. The molecule has 0 atom stereocenters. The molecule has 1 nitrogen and oxygen atoms in total. The van der Waals surface area contributed by atoms with Crippen molar-refractivity contribution in [1.29, 1.82) is 0 Å². The molecule has 0 heterocycles. The molecule has 0 spiro atoms. The normalized spacial score (nSPS) is 11.1. The summed E-state index contributed by atoms with van der Waals surface area (Å²) in [5.41, 5.74) is 2.66. The molecular weight excluding hydrogens is 158 g/mol. The van der Waals surface area contributed by atoms with Gasteiger partial charge < -0.3 is 5.32 Å². The van der Waals surface area contributed by atoms with Crippen molar-refractivity contribution in [3.63, 3.8) is 0 Å². The van der Waals surface area contributed by atoms with Gasteiger partial charge in [-0.25, -0.2) is 0 Å². The molecule has 0 aromatic rings. The molecule has 0 saturated carbocycles. The van der Waals surface area contributed by atoms with Crippen LogP contribution in [0.2, 0.25) is 0 Å². The average molecular weight is 181 g/mol. The Bertz CT molecular complexity index is 184. The Hall–Kier alpha value is -0.720. The van der Waals surface area contributed by atoms with E-state index in [0.717, 1.165) is 25.1 Å². The molecule has 1 N–H and O–H groups in total. The van der Waals surface area contributed by atoms with Crippen molar-refractivity contribution in [1.82, 2.24) is 5.32 Å². The summed E-state index contributed by atoms with van der Waals surface area (Å²) in [6, 6.07) is 0. The maximum Gasteiger partial charge on any atom is 0.0354 e. The van der Waals surface area contributed by atoms with Gasteiger partial charge in [-0.05, 0) is 18.3 Å². The Kier molecular flexibility index (Phi) is 4.82. The average Bonchev–Trinajstić information content (AvgIpc) is 1.97. The predicted molar refractivity (Wildman–Crippen MR) is 60.6 cm³/mol. The SMILES string of the molecule is C=C(CC)CNC(=C)CC(C)(C)C. The first kappa shape index (κ1) is 12.3. The summed E-state index contributed by atoms with van der Waals surface area (Å²) >= 11 is 0. The number of allylic oxidation sites excluding steroid dienone is 1. The highest BCUT2D eigenvalue weighted by Gasteiger charge is 2.11. The second kappa shape index (κ2) is 5.11. The minimum atomic E-state index is 0.317. The first-order chi connectivity index (χ1) is 5.85. The zero-order chi connectivity index (χ0) is 10.5. The molecule has 1 heteroatoms. The van der Waals surface area contributed by atoms with Crippen molar-refractivity contribution in [3.8, 4) is 0 Å². The molecule has 13 heavy (non-hydrogen) atoms. The highest BCUT2D eigenvalue weighted by Crippen LogP contribution is 2.21. The summed E-state index contributed by atoms with van der Waals surface area (Å²) < 4.78 is 0. The molecule has 0 unspecified atom stereocenters. The summed E-state index contributed by atoms with van der Waals surface area (Å²) in [4.78, 5) is 0. The molecule has 0 fully saturated rings. The van der Waals surface area contributed by atoms with Gasteiger partial charge in [0.25, 0.3) is 0 Å². The highest BCUT2D eigenvalue weighted by atomic mass is 14.9. The minimum absolute atomic E-state index is 0.317. The molecule has 0 aliphatic carbocycles. The smallest absolute Gasteiger partial charge is 0.0354 e. The maximum atomic E-state index is 3.99. The van der Waals surface area contributed by atoms with Crippen LogP contribution in [-0.2, 0) is 0 Å². The van der Waals surface area contributed by atoms with Gasteiger partial charge in [-0.15, -0.1) is 0 Å². The summed E-state index contributed by atoms with van der Waals surface area (Å²) in [7, 11) is 0. The van der Waals surface area contributed by atoms with Crippen molar-refractivity contribution in [2.24, 2.45) is 5.41 Å². The zero-order valence-corrected chi connectivity index (χ0v) is 9.54. The van der Waals surface area contributed by atoms with Gasteiger partial charge in [-0.1, -0.05) is 46.4 Å². The fraction of sp³-hybridized carbons (Fsp3) is 0.667. The van der Waals surface area contributed by atoms with Crippen LogP contribution >= 0.6 is 0 Å². The quantitative estimate of drug-likeness (QED) is 0.640. The molecule has 0 rings (SSSR count). The Labute approximate surface area is 82.9 Å². The summed E-state index contributed by atoms with van der Waals surface area (Å²) in [5.74, 6) is 0. The van der Waals surface area contributed by atoms with Gasteiger partial charge in [0, 0.05) is 12.2 Å². The summed E-state index contributed by atoms with van der Waals surface area (Å²) in [6.07, 6.45) is 2.06. The van der Waals surface area contributed by atoms with Crippen molar-refractivity contribution in [2.75, 3.05) is 6.54 Å². The summed E-state index contributed by atoms with van der Waals surface area (Å²) in [6.45, 7) is 17.6. The van der Waals surface area contributed by atoms with Crippen LogP contribution in [0.5, 0.6) is 0 Å². The maximum absolute atomic E-state index is 3.99. The third-order valence-corrected chi connectivity index (χ3v) is 1.83. The zero-order valence-electron chi connectivity index (χ0n) is 9.54. The van der Waals surface area contributed by atoms with Gasteiger partial charge in [0.1, 0.15) is 0 Å². The largest absolute Gasteiger partial charge is 0.385 e. The van der Waals surface area contributed by atoms with Gasteiger partial charge in [-0.2, -0.15) is 0 Å². The molecule has 0 amide bonds. The fourth-order valence-electron chi connectivity index (χ4n) is 1.08. The van der Waals surface area contributed by atoms with Crippen molar-refractivity contribution in [3.05, 3.63) is 24.4 Å². The van der Waals surface area contributed by atoms with Crippen LogP contribution in [0.15, 0.2) is 24.4 Å². The third kappa shape index (κ3) is 7.63. The highest BCUT2D eigenvalue weighted by molar-refractivity contribution is 5.02. The first-order valence-electron chi connectivity index (χ1n) is 4.93. The van der Waals surface area contributed by atoms with E-state index < -0.39 is 0 Å². The molecule has 0 aromatic heterocycles. The minimum Gasteiger partial charge on any atom is -0.385 e.